The van der Waals surface area contributed by atoms with Gasteiger partial charge in [0.25, 0.3) is 0 Å². The van der Waals surface area contributed by atoms with E-state index in [1.807, 2.05) is 0 Å². The third-order valence-corrected chi connectivity index (χ3v) is 13.1. The van der Waals surface area contributed by atoms with Crippen LogP contribution in [0.15, 0.2) is 0 Å². The van der Waals surface area contributed by atoms with Crippen LogP contribution in [0.3, 0.4) is 0 Å². The van der Waals surface area contributed by atoms with Crippen LogP contribution in [0.2, 0.25) is 0 Å². The van der Waals surface area contributed by atoms with Crippen LogP contribution in [0.5, 0.6) is 0 Å². The van der Waals surface area contributed by atoms with Crippen LogP contribution in [-0.2, 0) is 28.6 Å². The quantitative estimate of drug-likeness (QED) is 0.0344. The van der Waals surface area contributed by atoms with Crippen LogP contribution >= 0.6 is 0 Å². The summed E-state index contributed by atoms with van der Waals surface area (Å²) in [5, 5.41) is 0. The van der Waals surface area contributed by atoms with Gasteiger partial charge in [0, 0.05) is 19.3 Å². The molecule has 0 saturated heterocycles. The minimum absolute atomic E-state index is 0.0641. The van der Waals surface area contributed by atoms with Crippen LogP contribution in [0.1, 0.15) is 318 Å². The van der Waals surface area contributed by atoms with E-state index in [0.29, 0.717) is 19.3 Å². The zero-order chi connectivity index (χ0) is 47.0. The number of unbranched alkanes of at least 4 members (excludes halogenated alkanes) is 34. The lowest BCUT2D eigenvalue weighted by Crippen LogP contribution is -2.30. The average Bonchev–Trinajstić information content (AvgIpc) is 3.25. The van der Waals surface area contributed by atoms with E-state index in [0.717, 1.165) is 75.5 Å². The number of esters is 3. The fraction of sp³-hybridized carbons (Fsp3) is 0.948. The molecule has 0 unspecified atom stereocenters. The van der Waals surface area contributed by atoms with E-state index in [-0.39, 0.29) is 31.1 Å². The maximum absolute atomic E-state index is 12.8. The largest absolute Gasteiger partial charge is 0.462 e. The molecular weight excluding hydrogens is 793 g/mol. The van der Waals surface area contributed by atoms with Crippen LogP contribution in [0.25, 0.3) is 0 Å². The zero-order valence-electron chi connectivity index (χ0n) is 44.1. The molecule has 0 aliphatic rings. The van der Waals surface area contributed by atoms with Crippen molar-refractivity contribution < 1.29 is 28.6 Å². The molecule has 0 rings (SSSR count). The topological polar surface area (TPSA) is 78.9 Å². The van der Waals surface area contributed by atoms with Gasteiger partial charge in [-0.2, -0.15) is 0 Å². The Balaban J connectivity index is 4.24. The van der Waals surface area contributed by atoms with E-state index in [1.165, 1.54) is 199 Å². The summed E-state index contributed by atoms with van der Waals surface area (Å²) in [5.41, 5.74) is 0. The number of rotatable bonds is 51. The van der Waals surface area contributed by atoms with Gasteiger partial charge in [-0.05, 0) is 37.0 Å². The minimum Gasteiger partial charge on any atom is -0.462 e. The molecule has 0 fully saturated rings. The second-order valence-corrected chi connectivity index (χ2v) is 21.4. The molecular formula is C58H112O6. The van der Waals surface area contributed by atoms with E-state index >= 15 is 0 Å². The monoisotopic (exact) mass is 905 g/mol. The van der Waals surface area contributed by atoms with Gasteiger partial charge in [0.15, 0.2) is 6.10 Å². The molecule has 0 N–H and O–H groups in total. The molecule has 0 aliphatic heterocycles. The van der Waals surface area contributed by atoms with Crippen LogP contribution in [-0.4, -0.2) is 37.2 Å². The van der Waals surface area contributed by atoms with Gasteiger partial charge < -0.3 is 14.2 Å². The Hall–Kier alpha value is -1.59. The highest BCUT2D eigenvalue weighted by Gasteiger charge is 2.19. The van der Waals surface area contributed by atoms with Gasteiger partial charge in [0.2, 0.25) is 0 Å². The van der Waals surface area contributed by atoms with Gasteiger partial charge >= 0.3 is 17.9 Å². The molecule has 0 aromatic heterocycles. The molecule has 0 heterocycles. The van der Waals surface area contributed by atoms with Crippen molar-refractivity contribution in [3.8, 4) is 0 Å². The fourth-order valence-corrected chi connectivity index (χ4v) is 8.82. The summed E-state index contributed by atoms with van der Waals surface area (Å²) < 4.78 is 16.9. The number of hydrogen-bond donors (Lipinski definition) is 0. The molecule has 0 aromatic rings. The van der Waals surface area contributed by atoms with Gasteiger partial charge in [-0.1, -0.05) is 279 Å². The van der Waals surface area contributed by atoms with Crippen molar-refractivity contribution in [3.05, 3.63) is 0 Å². The Morgan fingerprint density at radius 3 is 0.672 bits per heavy atom. The second-order valence-electron chi connectivity index (χ2n) is 21.4. The predicted molar refractivity (Wildman–Crippen MR) is 275 cm³/mol. The standard InChI is InChI=1S/C58H112O6/c1-52(2)44-38-32-26-21-17-13-9-7-8-10-15-19-23-29-35-41-47-56(59)62-50-55(51-63-57(60)48-42-36-31-25-28-34-40-46-54(5)6)64-58(61)49-43-37-30-24-20-16-12-11-14-18-22-27-33-39-45-53(3)4/h52-55H,7-51H2,1-6H3/t55-/m1/s1. The molecule has 0 aliphatic carbocycles. The summed E-state index contributed by atoms with van der Waals surface area (Å²) in [5.74, 6) is 1.63. The number of carbonyl (C=O) groups excluding carboxylic acids is 3. The SMILES string of the molecule is CC(C)CCCCCCCCCCCCCCCCCCC(=O)OC[C@H](COC(=O)CCCCCCCCCC(C)C)OC(=O)CCCCCCCCCCCCCCCCC(C)C. The number of hydrogen-bond acceptors (Lipinski definition) is 6. The average molecular weight is 906 g/mol. The fourth-order valence-electron chi connectivity index (χ4n) is 8.82. The van der Waals surface area contributed by atoms with E-state index in [2.05, 4.69) is 41.5 Å². The first kappa shape index (κ1) is 62.4. The Morgan fingerprint density at radius 2 is 0.453 bits per heavy atom. The molecule has 6 nitrogen and oxygen atoms in total. The van der Waals surface area contributed by atoms with E-state index < -0.39 is 6.10 Å². The van der Waals surface area contributed by atoms with Gasteiger partial charge in [0.1, 0.15) is 13.2 Å². The first-order valence-corrected chi connectivity index (χ1v) is 28.6. The number of carbonyl (C=O) groups is 3. The molecule has 380 valence electrons. The normalized spacial score (nSPS) is 12.1. The highest BCUT2D eigenvalue weighted by Crippen LogP contribution is 2.18. The van der Waals surface area contributed by atoms with Crippen LogP contribution in [0, 0.1) is 17.8 Å². The van der Waals surface area contributed by atoms with Gasteiger partial charge in [-0.25, -0.2) is 0 Å². The smallest absolute Gasteiger partial charge is 0.306 e. The van der Waals surface area contributed by atoms with Crippen molar-refractivity contribution in [3.63, 3.8) is 0 Å². The Labute approximate surface area is 399 Å². The maximum atomic E-state index is 12.8. The lowest BCUT2D eigenvalue weighted by molar-refractivity contribution is -0.167. The molecule has 1 atom stereocenters. The number of ether oxygens (including phenoxy) is 3. The van der Waals surface area contributed by atoms with Gasteiger partial charge in [0.05, 0.1) is 0 Å². The second kappa shape index (κ2) is 49.3. The third-order valence-electron chi connectivity index (χ3n) is 13.1. The van der Waals surface area contributed by atoms with Crippen molar-refractivity contribution in [1.82, 2.24) is 0 Å². The summed E-state index contributed by atoms with van der Waals surface area (Å²) in [6, 6.07) is 0. The molecule has 6 heteroatoms. The summed E-state index contributed by atoms with van der Waals surface area (Å²) >= 11 is 0. The van der Waals surface area contributed by atoms with Crippen molar-refractivity contribution in [1.29, 1.82) is 0 Å². The lowest BCUT2D eigenvalue weighted by Gasteiger charge is -2.18. The Morgan fingerprint density at radius 1 is 0.266 bits per heavy atom. The van der Waals surface area contributed by atoms with Crippen molar-refractivity contribution in [2.75, 3.05) is 13.2 Å². The van der Waals surface area contributed by atoms with Crippen LogP contribution < -0.4 is 0 Å². The van der Waals surface area contributed by atoms with Crippen molar-refractivity contribution >= 4 is 17.9 Å². The highest BCUT2D eigenvalue weighted by atomic mass is 16.6. The third kappa shape index (κ3) is 51.4. The molecule has 64 heavy (non-hydrogen) atoms. The summed E-state index contributed by atoms with van der Waals surface area (Å²) in [4.78, 5) is 38.1. The minimum atomic E-state index is -0.763. The first-order valence-electron chi connectivity index (χ1n) is 28.6. The zero-order valence-corrected chi connectivity index (χ0v) is 44.1. The molecule has 0 spiro atoms. The van der Waals surface area contributed by atoms with E-state index in [1.54, 1.807) is 0 Å². The summed E-state index contributed by atoms with van der Waals surface area (Å²) in [6.07, 6.45) is 51.1. The van der Waals surface area contributed by atoms with Gasteiger partial charge in [-0.15, -0.1) is 0 Å². The lowest BCUT2D eigenvalue weighted by atomic mass is 10.0. The first-order chi connectivity index (χ1) is 31.1. The summed E-state index contributed by atoms with van der Waals surface area (Å²) in [6.45, 7) is 13.7. The highest BCUT2D eigenvalue weighted by molar-refractivity contribution is 5.71. The predicted octanol–water partition coefficient (Wildman–Crippen LogP) is 18.7. The Bertz CT molecular complexity index is 991. The van der Waals surface area contributed by atoms with E-state index in [9.17, 15) is 14.4 Å². The van der Waals surface area contributed by atoms with Crippen LogP contribution in [0.4, 0.5) is 0 Å². The summed E-state index contributed by atoms with van der Waals surface area (Å²) in [7, 11) is 0. The molecule has 0 aromatic carbocycles. The van der Waals surface area contributed by atoms with Crippen molar-refractivity contribution in [2.45, 2.75) is 324 Å². The molecule has 0 amide bonds. The van der Waals surface area contributed by atoms with Gasteiger partial charge in [-0.3, -0.25) is 14.4 Å². The Kier molecular flexibility index (Phi) is 48.1. The van der Waals surface area contributed by atoms with E-state index in [4.69, 9.17) is 14.2 Å². The molecule has 0 radical (unpaired) electrons. The maximum Gasteiger partial charge on any atom is 0.306 e. The molecule has 0 saturated carbocycles. The molecule has 0 bridgehead atoms. The van der Waals surface area contributed by atoms with Crippen molar-refractivity contribution in [2.24, 2.45) is 17.8 Å².